The number of pyridine rings is 1. The molecule has 3 aromatic carbocycles. The quantitative estimate of drug-likeness (QED) is 0.462. The minimum absolute atomic E-state index is 0.583. The second-order valence-corrected chi connectivity index (χ2v) is 6.67. The molecular formula is C20H14ClN6+. The smallest absolute Gasteiger partial charge is 0.340 e. The maximum Gasteiger partial charge on any atom is 0.340 e. The van der Waals surface area contributed by atoms with Crippen molar-refractivity contribution >= 4 is 39.0 Å². The summed E-state index contributed by atoms with van der Waals surface area (Å²) in [6, 6.07) is 19.8. The third-order valence-electron chi connectivity index (χ3n) is 4.61. The molecule has 6 nitrogen and oxygen atoms in total. The SMILES string of the molecule is Nc1c(-c2nn[nH][n+]2-c2ccc3ccccc3c2)cnc2cc(Cl)ccc12. The van der Waals surface area contributed by atoms with Crippen molar-refractivity contribution < 1.29 is 4.68 Å². The first-order chi connectivity index (χ1) is 13.2. The Morgan fingerprint density at radius 1 is 0.963 bits per heavy atom. The van der Waals surface area contributed by atoms with Gasteiger partial charge in [0.25, 0.3) is 0 Å². The van der Waals surface area contributed by atoms with Crippen LogP contribution in [0.4, 0.5) is 5.69 Å². The minimum atomic E-state index is 0.583. The van der Waals surface area contributed by atoms with Crippen molar-refractivity contribution in [2.75, 3.05) is 5.73 Å². The zero-order valence-electron chi connectivity index (χ0n) is 14.1. The van der Waals surface area contributed by atoms with Gasteiger partial charge in [-0.2, -0.15) is 0 Å². The summed E-state index contributed by atoms with van der Waals surface area (Å²) < 4.78 is 1.79. The number of anilines is 1. The van der Waals surface area contributed by atoms with E-state index in [1.54, 1.807) is 23.0 Å². The van der Waals surface area contributed by atoms with Gasteiger partial charge in [-0.1, -0.05) is 47.1 Å². The van der Waals surface area contributed by atoms with Crippen LogP contribution in [-0.2, 0) is 0 Å². The van der Waals surface area contributed by atoms with Gasteiger partial charge in [0.05, 0.1) is 16.8 Å². The number of tetrazole rings is 1. The summed E-state index contributed by atoms with van der Waals surface area (Å²) in [5.74, 6) is 0.590. The molecule has 2 aromatic heterocycles. The molecule has 0 unspecified atom stereocenters. The molecule has 0 saturated carbocycles. The summed E-state index contributed by atoms with van der Waals surface area (Å²) >= 11 is 6.05. The maximum atomic E-state index is 6.42. The lowest BCUT2D eigenvalue weighted by Crippen LogP contribution is -2.35. The lowest BCUT2D eigenvalue weighted by Gasteiger charge is -2.06. The first-order valence-electron chi connectivity index (χ1n) is 8.37. The largest absolute Gasteiger partial charge is 0.397 e. The van der Waals surface area contributed by atoms with Crippen molar-refractivity contribution in [2.45, 2.75) is 0 Å². The fraction of sp³-hybridized carbons (Fsp3) is 0. The molecule has 5 rings (SSSR count). The molecule has 5 aromatic rings. The van der Waals surface area contributed by atoms with Crippen LogP contribution in [0, 0.1) is 0 Å². The number of nitrogens with zero attached hydrogens (tertiary/aromatic N) is 4. The second kappa shape index (κ2) is 6.03. The Balaban J connectivity index is 1.69. The van der Waals surface area contributed by atoms with E-state index in [1.807, 2.05) is 24.3 Å². The Morgan fingerprint density at radius 2 is 1.81 bits per heavy atom. The highest BCUT2D eigenvalue weighted by Crippen LogP contribution is 2.30. The first kappa shape index (κ1) is 15.7. The van der Waals surface area contributed by atoms with Crippen molar-refractivity contribution in [1.82, 2.24) is 20.5 Å². The van der Waals surface area contributed by atoms with E-state index in [4.69, 9.17) is 17.3 Å². The number of nitrogens with one attached hydrogen (secondary N) is 1. The fourth-order valence-electron chi connectivity index (χ4n) is 3.24. The predicted octanol–water partition coefficient (Wildman–Crippen LogP) is 3.69. The van der Waals surface area contributed by atoms with E-state index in [0.29, 0.717) is 22.1 Å². The number of fused-ring (bicyclic) bond motifs is 2. The van der Waals surface area contributed by atoms with E-state index in [9.17, 15) is 0 Å². The Hall–Kier alpha value is -3.51. The van der Waals surface area contributed by atoms with Gasteiger partial charge >= 0.3 is 5.82 Å². The number of rotatable bonds is 2. The van der Waals surface area contributed by atoms with Crippen molar-refractivity contribution in [1.29, 1.82) is 0 Å². The van der Waals surface area contributed by atoms with Crippen LogP contribution in [0.15, 0.2) is 66.9 Å². The van der Waals surface area contributed by atoms with Crippen LogP contribution >= 0.6 is 11.6 Å². The number of halogens is 1. The van der Waals surface area contributed by atoms with Gasteiger partial charge in [-0.25, -0.2) is 0 Å². The van der Waals surface area contributed by atoms with Crippen molar-refractivity contribution in [3.8, 4) is 17.1 Å². The fourth-order valence-corrected chi connectivity index (χ4v) is 3.41. The maximum absolute atomic E-state index is 6.42. The second-order valence-electron chi connectivity index (χ2n) is 6.24. The molecule has 130 valence electrons. The average molecular weight is 374 g/mol. The van der Waals surface area contributed by atoms with Crippen LogP contribution in [-0.4, -0.2) is 20.5 Å². The van der Waals surface area contributed by atoms with Crippen LogP contribution in [0.3, 0.4) is 0 Å². The third kappa shape index (κ3) is 2.58. The van der Waals surface area contributed by atoms with Gasteiger partial charge in [-0.3, -0.25) is 4.98 Å². The highest BCUT2D eigenvalue weighted by atomic mass is 35.5. The van der Waals surface area contributed by atoms with Gasteiger partial charge in [0, 0.05) is 16.6 Å². The Kier molecular flexibility index (Phi) is 3.51. The Morgan fingerprint density at radius 3 is 2.70 bits per heavy atom. The molecule has 0 aliphatic rings. The first-order valence-corrected chi connectivity index (χ1v) is 8.75. The summed E-state index contributed by atoms with van der Waals surface area (Å²) in [5.41, 5.74) is 9.35. The highest BCUT2D eigenvalue weighted by Gasteiger charge is 2.23. The van der Waals surface area contributed by atoms with E-state index in [0.717, 1.165) is 22.0 Å². The van der Waals surface area contributed by atoms with Gasteiger partial charge in [-0.05, 0) is 41.1 Å². The molecule has 0 saturated heterocycles. The molecule has 0 radical (unpaired) electrons. The summed E-state index contributed by atoms with van der Waals surface area (Å²) in [5, 5.41) is 14.9. The molecule has 0 atom stereocenters. The molecule has 3 N–H and O–H groups in total. The van der Waals surface area contributed by atoms with Gasteiger partial charge in [0.15, 0.2) is 5.21 Å². The number of hydrogen-bond donors (Lipinski definition) is 2. The van der Waals surface area contributed by atoms with E-state index in [2.05, 4.69) is 44.8 Å². The minimum Gasteiger partial charge on any atom is -0.397 e. The van der Waals surface area contributed by atoms with Crippen molar-refractivity contribution in [2.24, 2.45) is 0 Å². The standard InChI is InChI=1S/C20H13ClN6/c21-14-6-8-16-18(10-14)23-11-17(19(16)22)20-24-25-26-27(20)15-7-5-12-3-1-2-4-13(12)9-15/h1-11H,(H2,22,23,24,26)/p+1. The summed E-state index contributed by atoms with van der Waals surface area (Å²) in [4.78, 5) is 4.48. The molecule has 0 bridgehead atoms. The highest BCUT2D eigenvalue weighted by molar-refractivity contribution is 6.31. The number of H-pyrrole nitrogens is 1. The van der Waals surface area contributed by atoms with Crippen LogP contribution in [0.1, 0.15) is 0 Å². The molecule has 0 fully saturated rings. The van der Waals surface area contributed by atoms with Gasteiger partial charge in [-0.15, -0.1) is 4.68 Å². The third-order valence-corrected chi connectivity index (χ3v) is 4.84. The summed E-state index contributed by atoms with van der Waals surface area (Å²) in [7, 11) is 0. The molecule has 0 spiro atoms. The lowest BCUT2D eigenvalue weighted by molar-refractivity contribution is -0.649. The zero-order valence-corrected chi connectivity index (χ0v) is 14.9. The number of benzene rings is 3. The Bertz CT molecular complexity index is 1310. The molecule has 0 amide bonds. The monoisotopic (exact) mass is 373 g/mol. The molecule has 0 aliphatic heterocycles. The van der Waals surface area contributed by atoms with E-state index < -0.39 is 0 Å². The zero-order chi connectivity index (χ0) is 18.4. The van der Waals surface area contributed by atoms with Crippen LogP contribution in [0.5, 0.6) is 0 Å². The number of nitrogens with two attached hydrogens (primary N) is 1. The molecule has 27 heavy (non-hydrogen) atoms. The molecular weight excluding hydrogens is 360 g/mol. The van der Waals surface area contributed by atoms with E-state index in [1.165, 1.54) is 5.39 Å². The van der Waals surface area contributed by atoms with Crippen LogP contribution in [0.25, 0.3) is 38.8 Å². The number of aromatic nitrogens is 5. The normalized spacial score (nSPS) is 11.3. The van der Waals surface area contributed by atoms with Gasteiger partial charge < -0.3 is 5.73 Å². The number of aromatic amines is 1. The molecule has 2 heterocycles. The van der Waals surface area contributed by atoms with Crippen molar-refractivity contribution in [3.63, 3.8) is 0 Å². The lowest BCUT2D eigenvalue weighted by atomic mass is 10.1. The topological polar surface area (TPSA) is 84.4 Å². The summed E-state index contributed by atoms with van der Waals surface area (Å²) in [6.45, 7) is 0. The van der Waals surface area contributed by atoms with Crippen LogP contribution < -0.4 is 10.4 Å². The van der Waals surface area contributed by atoms with E-state index >= 15 is 0 Å². The average Bonchev–Trinajstić information content (AvgIpc) is 3.17. The number of nitrogen functional groups attached to an aromatic ring is 1. The Labute approximate surface area is 159 Å². The predicted molar refractivity (Wildman–Crippen MR) is 106 cm³/mol. The van der Waals surface area contributed by atoms with Crippen molar-refractivity contribution in [3.05, 3.63) is 71.9 Å². The summed E-state index contributed by atoms with van der Waals surface area (Å²) in [6.07, 6.45) is 1.70. The molecule has 7 heteroatoms. The van der Waals surface area contributed by atoms with Gasteiger partial charge in [0.1, 0.15) is 10.8 Å². The van der Waals surface area contributed by atoms with Crippen LogP contribution in [0.2, 0.25) is 5.02 Å². The number of hydrogen-bond acceptors (Lipinski definition) is 4. The molecule has 0 aliphatic carbocycles. The van der Waals surface area contributed by atoms with E-state index in [-0.39, 0.29) is 0 Å². The van der Waals surface area contributed by atoms with Gasteiger partial charge in [0.2, 0.25) is 0 Å².